The van der Waals surface area contributed by atoms with Crippen molar-refractivity contribution in [3.63, 3.8) is 0 Å². The van der Waals surface area contributed by atoms with Crippen LogP contribution < -0.4 is 0 Å². The molecule has 2 heterocycles. The molecule has 0 radical (unpaired) electrons. The van der Waals surface area contributed by atoms with Crippen molar-refractivity contribution in [2.75, 3.05) is 0 Å². The highest BCUT2D eigenvalue weighted by molar-refractivity contribution is 7.26. The van der Waals surface area contributed by atoms with Gasteiger partial charge < -0.3 is 4.57 Å². The Morgan fingerprint density at radius 3 is 1.45 bits per heavy atom. The number of rotatable bonds is 9. The third kappa shape index (κ3) is 8.31. The molecular weight excluding hydrogens is 917 g/mol. The molecule has 0 spiro atoms. The molecular formula is C69H46N4S. The van der Waals surface area contributed by atoms with Crippen LogP contribution >= 0.6 is 11.3 Å². The molecule has 348 valence electrons. The summed E-state index contributed by atoms with van der Waals surface area (Å²) in [5, 5.41) is 15.0. The number of nitrogens with one attached hydrogen (secondary N) is 1. The van der Waals surface area contributed by atoms with Crippen LogP contribution in [0.2, 0.25) is 0 Å². The number of amidine groups is 2. The Balaban J connectivity index is 1.02. The summed E-state index contributed by atoms with van der Waals surface area (Å²) in [5.74, 6) is 0.531. The Bertz CT molecular complexity index is 4150. The Morgan fingerprint density at radius 2 is 0.865 bits per heavy atom. The van der Waals surface area contributed by atoms with Crippen molar-refractivity contribution < 1.29 is 0 Å². The molecule has 0 saturated heterocycles. The second-order valence-corrected chi connectivity index (χ2v) is 19.6. The summed E-state index contributed by atoms with van der Waals surface area (Å²) in [6.07, 6.45) is 1.89. The quantitative estimate of drug-likeness (QED) is 0.111. The average molecular weight is 963 g/mol. The highest BCUT2D eigenvalue weighted by atomic mass is 32.1. The summed E-state index contributed by atoms with van der Waals surface area (Å²) in [7, 11) is 0. The maximum Gasteiger partial charge on any atom is 0.161 e. The monoisotopic (exact) mass is 962 g/mol. The van der Waals surface area contributed by atoms with Crippen LogP contribution in [0.25, 0.3) is 103 Å². The number of hydrogen-bond donors (Lipinski definition) is 1. The van der Waals surface area contributed by atoms with Crippen LogP contribution in [-0.2, 0) is 0 Å². The van der Waals surface area contributed by atoms with Crippen molar-refractivity contribution in [1.29, 1.82) is 5.41 Å². The number of benzene rings is 11. The van der Waals surface area contributed by atoms with Crippen molar-refractivity contribution in [3.8, 4) is 61.3 Å². The summed E-state index contributed by atoms with van der Waals surface area (Å²) in [5.41, 5.74) is 16.3. The topological polar surface area (TPSA) is 53.5 Å². The summed E-state index contributed by atoms with van der Waals surface area (Å²) in [4.78, 5) is 10.4. The van der Waals surface area contributed by atoms with Gasteiger partial charge >= 0.3 is 0 Å². The normalized spacial score (nSPS) is 11.9. The highest BCUT2D eigenvalue weighted by Crippen LogP contribution is 2.47. The van der Waals surface area contributed by atoms with E-state index in [1.54, 1.807) is 0 Å². The molecule has 0 aliphatic rings. The SMILES string of the molecule is N=C(/N=C(\N=C\c1cc(-c2ccccc2)cc(-c2ccccc2)c1)c1ccc(-c2ccccc2)cc1)c1cc(-c2ccccc2)c(-n2c3ccccc3c3c4c(ccc32)sc2ccccc24)c(-c2ccccc2)c1. The molecule has 74 heavy (non-hydrogen) atoms. The van der Waals surface area contributed by atoms with Crippen LogP contribution in [0.4, 0.5) is 0 Å². The first-order valence-corrected chi connectivity index (χ1v) is 25.7. The van der Waals surface area contributed by atoms with Gasteiger partial charge in [-0.2, -0.15) is 0 Å². The van der Waals surface area contributed by atoms with Crippen LogP contribution in [0, 0.1) is 5.41 Å². The second-order valence-electron chi connectivity index (χ2n) is 18.5. The third-order valence-electron chi connectivity index (χ3n) is 13.9. The number of aliphatic imine (C=N–C) groups is 2. The maximum absolute atomic E-state index is 10.1. The molecule has 11 aromatic carbocycles. The zero-order valence-electron chi connectivity index (χ0n) is 40.2. The van der Waals surface area contributed by atoms with Gasteiger partial charge in [0, 0.05) is 59.4 Å². The van der Waals surface area contributed by atoms with E-state index >= 15 is 0 Å². The van der Waals surface area contributed by atoms with E-state index in [1.807, 2.05) is 35.8 Å². The second kappa shape index (κ2) is 19.2. The predicted octanol–water partition coefficient (Wildman–Crippen LogP) is 18.4. The molecule has 0 aliphatic carbocycles. The molecule has 0 unspecified atom stereocenters. The van der Waals surface area contributed by atoms with E-state index in [4.69, 9.17) is 9.98 Å². The van der Waals surface area contributed by atoms with Gasteiger partial charge in [-0.15, -0.1) is 11.3 Å². The summed E-state index contributed by atoms with van der Waals surface area (Å²) in [6.45, 7) is 0. The third-order valence-corrected chi connectivity index (χ3v) is 15.1. The molecule has 0 atom stereocenters. The lowest BCUT2D eigenvalue weighted by atomic mass is 9.92. The van der Waals surface area contributed by atoms with Gasteiger partial charge in [0.2, 0.25) is 0 Å². The fraction of sp³-hybridized carbons (Fsp3) is 0. The molecule has 1 N–H and O–H groups in total. The van der Waals surface area contributed by atoms with Crippen LogP contribution in [0.1, 0.15) is 16.7 Å². The van der Waals surface area contributed by atoms with Gasteiger partial charge in [0.15, 0.2) is 11.7 Å². The van der Waals surface area contributed by atoms with Gasteiger partial charge in [0.05, 0.1) is 16.7 Å². The fourth-order valence-electron chi connectivity index (χ4n) is 10.4. The minimum atomic E-state index is 0.0990. The van der Waals surface area contributed by atoms with Gasteiger partial charge in [-0.05, 0) is 105 Å². The minimum Gasteiger partial charge on any atom is -0.308 e. The maximum atomic E-state index is 10.1. The number of thiophene rings is 1. The first-order valence-electron chi connectivity index (χ1n) is 24.9. The van der Waals surface area contributed by atoms with Crippen LogP contribution in [-0.4, -0.2) is 22.5 Å². The van der Waals surface area contributed by atoms with Crippen molar-refractivity contribution in [2.45, 2.75) is 0 Å². The fourth-order valence-corrected chi connectivity index (χ4v) is 11.6. The van der Waals surface area contributed by atoms with Crippen molar-refractivity contribution >= 4 is 71.2 Å². The first-order chi connectivity index (χ1) is 36.6. The molecule has 0 saturated carbocycles. The predicted molar refractivity (Wildman–Crippen MR) is 315 cm³/mol. The standard InChI is InChI=1S/C69H46N4S/c70-68(72-69(53-36-34-50(35-37-53)47-20-6-1-7-21-47)71-45-46-40-54(48-22-8-2-9-23-48)42-55(41-46)49-24-10-3-11-25-49)56-43-59(51-26-12-4-13-27-51)67(60(44-56)52-28-14-5-15-29-52)73-61-32-18-16-30-57(61)65-62(73)38-39-64-66(65)58-31-17-19-33-63(58)74-64/h1-45,70H/b70-68?,71-45+,72-69-. The molecule has 0 bridgehead atoms. The minimum absolute atomic E-state index is 0.0990. The van der Waals surface area contributed by atoms with E-state index in [9.17, 15) is 5.41 Å². The molecule has 0 fully saturated rings. The van der Waals surface area contributed by atoms with Crippen LogP contribution in [0.15, 0.2) is 277 Å². The van der Waals surface area contributed by atoms with Gasteiger partial charge in [-0.25, -0.2) is 9.98 Å². The number of para-hydroxylation sites is 1. The first kappa shape index (κ1) is 44.4. The number of nitrogens with zero attached hydrogens (tertiary/aromatic N) is 3. The average Bonchev–Trinajstić information content (AvgIpc) is 4.03. The van der Waals surface area contributed by atoms with Gasteiger partial charge in [0.25, 0.3) is 0 Å². The van der Waals surface area contributed by atoms with Gasteiger partial charge in [-0.1, -0.05) is 212 Å². The van der Waals surface area contributed by atoms with E-state index in [1.165, 1.54) is 30.9 Å². The van der Waals surface area contributed by atoms with Gasteiger partial charge in [-0.3, -0.25) is 5.41 Å². The Morgan fingerprint density at radius 1 is 0.378 bits per heavy atom. The van der Waals surface area contributed by atoms with Crippen LogP contribution in [0.3, 0.4) is 0 Å². The summed E-state index contributed by atoms with van der Waals surface area (Å²) >= 11 is 1.84. The molecule has 13 rings (SSSR count). The molecule has 5 heteroatoms. The van der Waals surface area contributed by atoms with Crippen molar-refractivity contribution in [1.82, 2.24) is 4.57 Å². The largest absolute Gasteiger partial charge is 0.308 e. The zero-order valence-corrected chi connectivity index (χ0v) is 41.0. The zero-order chi connectivity index (χ0) is 49.4. The lowest BCUT2D eigenvalue weighted by Gasteiger charge is -2.21. The summed E-state index contributed by atoms with van der Waals surface area (Å²) < 4.78 is 5.00. The molecule has 0 aliphatic heterocycles. The number of aromatic nitrogens is 1. The molecule has 4 nitrogen and oxygen atoms in total. The highest BCUT2D eigenvalue weighted by Gasteiger charge is 2.24. The Kier molecular flexibility index (Phi) is 11.5. The lowest BCUT2D eigenvalue weighted by Crippen LogP contribution is -2.07. The van der Waals surface area contributed by atoms with Crippen molar-refractivity contribution in [2.24, 2.45) is 9.98 Å². The van der Waals surface area contributed by atoms with Gasteiger partial charge in [0.1, 0.15) is 0 Å². The van der Waals surface area contributed by atoms with E-state index in [2.05, 4.69) is 253 Å². The van der Waals surface area contributed by atoms with E-state index in [0.717, 1.165) is 83.5 Å². The number of hydrogen-bond acceptors (Lipinski definition) is 2. The van der Waals surface area contributed by atoms with E-state index < -0.39 is 0 Å². The van der Waals surface area contributed by atoms with E-state index in [-0.39, 0.29) is 5.84 Å². The molecule has 13 aromatic rings. The number of fused-ring (bicyclic) bond motifs is 7. The Hall–Kier alpha value is -9.55. The smallest absolute Gasteiger partial charge is 0.161 e. The van der Waals surface area contributed by atoms with Crippen LogP contribution in [0.5, 0.6) is 0 Å². The summed E-state index contributed by atoms with van der Waals surface area (Å²) in [6, 6.07) is 93.8. The lowest BCUT2D eigenvalue weighted by molar-refractivity contribution is 1.18. The van der Waals surface area contributed by atoms with E-state index in [0.29, 0.717) is 11.4 Å². The molecule has 2 aromatic heterocycles. The Labute approximate surface area is 433 Å². The van der Waals surface area contributed by atoms with Crippen molar-refractivity contribution in [3.05, 3.63) is 284 Å². The molecule has 0 amide bonds.